The lowest BCUT2D eigenvalue weighted by molar-refractivity contribution is 0.102. The SMILES string of the molecule is CCOc1ccc(NC(=O)c2cc(Cl)ccc2O)cc1F. The van der Waals surface area contributed by atoms with Gasteiger partial charge in [-0.1, -0.05) is 11.6 Å². The van der Waals surface area contributed by atoms with Gasteiger partial charge in [-0.2, -0.15) is 0 Å². The topological polar surface area (TPSA) is 58.6 Å². The third kappa shape index (κ3) is 3.64. The number of phenolic OH excluding ortho intramolecular Hbond substituents is 1. The lowest BCUT2D eigenvalue weighted by Gasteiger charge is -2.09. The van der Waals surface area contributed by atoms with Crippen LogP contribution in [0.2, 0.25) is 5.02 Å². The largest absolute Gasteiger partial charge is 0.507 e. The number of nitrogens with one attached hydrogen (secondary N) is 1. The molecule has 0 unspecified atom stereocenters. The molecule has 2 rings (SSSR count). The minimum Gasteiger partial charge on any atom is -0.507 e. The number of hydrogen-bond acceptors (Lipinski definition) is 3. The quantitative estimate of drug-likeness (QED) is 0.902. The first-order chi connectivity index (χ1) is 10.0. The van der Waals surface area contributed by atoms with Crippen LogP contribution in [-0.2, 0) is 0 Å². The first-order valence-corrected chi connectivity index (χ1v) is 6.61. The molecule has 0 aliphatic heterocycles. The van der Waals surface area contributed by atoms with Gasteiger partial charge in [-0.15, -0.1) is 0 Å². The number of amides is 1. The zero-order valence-corrected chi connectivity index (χ0v) is 11.9. The van der Waals surface area contributed by atoms with Crippen molar-refractivity contribution in [2.75, 3.05) is 11.9 Å². The van der Waals surface area contributed by atoms with Crippen LogP contribution in [0.5, 0.6) is 11.5 Å². The Balaban J connectivity index is 2.19. The molecule has 0 saturated heterocycles. The molecule has 0 bridgehead atoms. The van der Waals surface area contributed by atoms with E-state index in [1.807, 2.05) is 0 Å². The number of benzene rings is 2. The van der Waals surface area contributed by atoms with Crippen molar-refractivity contribution in [3.63, 3.8) is 0 Å². The van der Waals surface area contributed by atoms with Gasteiger partial charge in [0.05, 0.1) is 12.2 Å². The third-order valence-corrected chi connectivity index (χ3v) is 2.93. The van der Waals surface area contributed by atoms with Gasteiger partial charge in [0.15, 0.2) is 11.6 Å². The lowest BCUT2D eigenvalue weighted by atomic mass is 10.2. The third-order valence-electron chi connectivity index (χ3n) is 2.69. The summed E-state index contributed by atoms with van der Waals surface area (Å²) in [6.45, 7) is 2.09. The van der Waals surface area contributed by atoms with Crippen LogP contribution in [0.1, 0.15) is 17.3 Å². The van der Waals surface area contributed by atoms with Crippen LogP contribution in [0.15, 0.2) is 36.4 Å². The van der Waals surface area contributed by atoms with Crippen LogP contribution < -0.4 is 10.1 Å². The van der Waals surface area contributed by atoms with Gasteiger partial charge in [0.2, 0.25) is 0 Å². The Morgan fingerprint density at radius 3 is 2.76 bits per heavy atom. The predicted octanol–water partition coefficient (Wildman–Crippen LogP) is 3.84. The molecular weight excluding hydrogens is 297 g/mol. The van der Waals surface area contributed by atoms with Crippen molar-refractivity contribution in [2.24, 2.45) is 0 Å². The molecule has 0 spiro atoms. The summed E-state index contributed by atoms with van der Waals surface area (Å²) in [4.78, 5) is 12.0. The fraction of sp³-hybridized carbons (Fsp3) is 0.133. The van der Waals surface area contributed by atoms with E-state index in [1.165, 1.54) is 30.3 Å². The molecule has 0 aromatic heterocycles. The van der Waals surface area contributed by atoms with E-state index in [1.54, 1.807) is 6.92 Å². The first-order valence-electron chi connectivity index (χ1n) is 6.23. The monoisotopic (exact) mass is 309 g/mol. The Labute approximate surface area is 126 Å². The van der Waals surface area contributed by atoms with E-state index >= 15 is 0 Å². The molecule has 2 aromatic carbocycles. The zero-order chi connectivity index (χ0) is 15.4. The molecule has 0 saturated carbocycles. The molecule has 110 valence electrons. The number of aromatic hydroxyl groups is 1. The van der Waals surface area contributed by atoms with Crippen molar-refractivity contribution in [1.29, 1.82) is 0 Å². The van der Waals surface area contributed by atoms with E-state index in [2.05, 4.69) is 5.32 Å². The molecule has 0 heterocycles. The molecule has 6 heteroatoms. The van der Waals surface area contributed by atoms with Crippen LogP contribution in [0.3, 0.4) is 0 Å². The minimum atomic E-state index is -0.585. The molecule has 1 amide bonds. The van der Waals surface area contributed by atoms with E-state index in [0.29, 0.717) is 11.6 Å². The summed E-state index contributed by atoms with van der Waals surface area (Å²) in [5.74, 6) is -1.26. The highest BCUT2D eigenvalue weighted by molar-refractivity contribution is 6.31. The Hall–Kier alpha value is -2.27. The van der Waals surface area contributed by atoms with E-state index in [9.17, 15) is 14.3 Å². The van der Waals surface area contributed by atoms with Gasteiger partial charge in [0.1, 0.15) is 5.75 Å². The maximum Gasteiger partial charge on any atom is 0.259 e. The van der Waals surface area contributed by atoms with Crippen LogP contribution in [0.25, 0.3) is 0 Å². The highest BCUT2D eigenvalue weighted by atomic mass is 35.5. The highest BCUT2D eigenvalue weighted by Crippen LogP contribution is 2.24. The molecule has 0 fully saturated rings. The Morgan fingerprint density at radius 2 is 2.10 bits per heavy atom. The van der Waals surface area contributed by atoms with Gasteiger partial charge in [-0.3, -0.25) is 4.79 Å². The number of anilines is 1. The second-order valence-corrected chi connectivity index (χ2v) is 4.63. The molecular formula is C15H13ClFNO3. The fourth-order valence-electron chi connectivity index (χ4n) is 1.74. The number of rotatable bonds is 4. The summed E-state index contributed by atoms with van der Waals surface area (Å²) in [5.41, 5.74) is 0.261. The van der Waals surface area contributed by atoms with E-state index in [4.69, 9.17) is 16.3 Å². The molecule has 0 radical (unpaired) electrons. The smallest absolute Gasteiger partial charge is 0.259 e. The van der Waals surface area contributed by atoms with Crippen molar-refractivity contribution < 1.29 is 19.0 Å². The number of carbonyl (C=O) groups excluding carboxylic acids is 1. The van der Waals surface area contributed by atoms with Crippen LogP contribution >= 0.6 is 11.6 Å². The number of hydrogen-bond donors (Lipinski definition) is 2. The minimum absolute atomic E-state index is 0.0109. The van der Waals surface area contributed by atoms with E-state index in [-0.39, 0.29) is 22.7 Å². The maximum atomic E-state index is 13.7. The van der Waals surface area contributed by atoms with Crippen molar-refractivity contribution >= 4 is 23.2 Å². The Morgan fingerprint density at radius 1 is 1.33 bits per heavy atom. The van der Waals surface area contributed by atoms with Crippen LogP contribution in [-0.4, -0.2) is 17.6 Å². The fourth-order valence-corrected chi connectivity index (χ4v) is 1.91. The van der Waals surface area contributed by atoms with Gasteiger partial charge in [0, 0.05) is 16.8 Å². The van der Waals surface area contributed by atoms with E-state index < -0.39 is 11.7 Å². The van der Waals surface area contributed by atoms with Crippen molar-refractivity contribution in [1.82, 2.24) is 0 Å². The average molecular weight is 310 g/mol. The number of ether oxygens (including phenoxy) is 1. The van der Waals surface area contributed by atoms with Gasteiger partial charge < -0.3 is 15.2 Å². The second-order valence-electron chi connectivity index (χ2n) is 4.19. The van der Waals surface area contributed by atoms with Crippen molar-refractivity contribution in [3.8, 4) is 11.5 Å². The highest BCUT2D eigenvalue weighted by Gasteiger charge is 2.13. The predicted molar refractivity (Wildman–Crippen MR) is 78.6 cm³/mol. The molecule has 2 aromatic rings. The van der Waals surface area contributed by atoms with E-state index in [0.717, 1.165) is 6.07 Å². The average Bonchev–Trinajstić information content (AvgIpc) is 2.44. The summed E-state index contributed by atoms with van der Waals surface area (Å²) in [6.07, 6.45) is 0. The molecule has 0 aliphatic rings. The number of carbonyl (C=O) groups is 1. The van der Waals surface area contributed by atoms with Gasteiger partial charge >= 0.3 is 0 Å². The number of phenols is 1. The lowest BCUT2D eigenvalue weighted by Crippen LogP contribution is -2.12. The standard InChI is InChI=1S/C15H13ClFNO3/c1-2-21-14-6-4-10(8-12(14)17)18-15(20)11-7-9(16)3-5-13(11)19/h3-8,19H,2H2,1H3,(H,18,20). The molecule has 21 heavy (non-hydrogen) atoms. The van der Waals surface area contributed by atoms with Crippen molar-refractivity contribution in [2.45, 2.75) is 6.92 Å². The Bertz CT molecular complexity index is 676. The van der Waals surface area contributed by atoms with Crippen molar-refractivity contribution in [3.05, 3.63) is 52.8 Å². The molecule has 0 aliphatic carbocycles. The Kier molecular flexibility index (Phi) is 4.65. The summed E-state index contributed by atoms with van der Waals surface area (Å²) < 4.78 is 18.8. The van der Waals surface area contributed by atoms with Crippen LogP contribution in [0, 0.1) is 5.82 Å². The summed E-state index contributed by atoms with van der Waals surface area (Å²) in [7, 11) is 0. The van der Waals surface area contributed by atoms with Crippen LogP contribution in [0.4, 0.5) is 10.1 Å². The number of halogens is 2. The normalized spacial score (nSPS) is 10.2. The molecule has 0 atom stereocenters. The molecule has 2 N–H and O–H groups in total. The van der Waals surface area contributed by atoms with Gasteiger partial charge in [0.25, 0.3) is 5.91 Å². The van der Waals surface area contributed by atoms with Gasteiger partial charge in [-0.05, 0) is 37.3 Å². The van der Waals surface area contributed by atoms with Gasteiger partial charge in [-0.25, -0.2) is 4.39 Å². The molecule has 4 nitrogen and oxygen atoms in total. The maximum absolute atomic E-state index is 13.7. The first kappa shape index (κ1) is 15.1. The summed E-state index contributed by atoms with van der Waals surface area (Å²) >= 11 is 5.78. The second kappa shape index (κ2) is 6.45. The summed E-state index contributed by atoms with van der Waals surface area (Å²) in [6, 6.07) is 8.18. The summed E-state index contributed by atoms with van der Waals surface area (Å²) in [5, 5.41) is 12.4. The zero-order valence-electron chi connectivity index (χ0n) is 11.2.